The Morgan fingerprint density at radius 1 is 0.640 bits per heavy atom. The average Bonchev–Trinajstić information content (AvgIpc) is 3.40. The molecule has 0 amide bonds. The minimum atomic E-state index is -0.842. The van der Waals surface area contributed by atoms with Gasteiger partial charge in [-0.1, -0.05) is 129 Å². The standard InChI is InChI=1S/C47H39NO2/c1-30-12-21-39-42(28-30)46(2,3)44-40-22-23-47(50-45(40)38-11-7-6-10-37(38)43(39)44,33-17-19-35(20-18-33)48-24-26-49-27-25-48)34-16-15-32-14-13-31-8-4-5-9-36(31)41(32)29-34/h4-23,28-29H,24-27H2,1-3H3. The van der Waals surface area contributed by atoms with Gasteiger partial charge in [-0.3, -0.25) is 0 Å². The first-order chi connectivity index (χ1) is 24.4. The molecule has 2 heterocycles. The summed E-state index contributed by atoms with van der Waals surface area (Å²) in [6.45, 7) is 10.3. The summed E-state index contributed by atoms with van der Waals surface area (Å²) in [4.78, 5) is 2.41. The third-order valence-corrected chi connectivity index (χ3v) is 11.5. The summed E-state index contributed by atoms with van der Waals surface area (Å²) in [6, 6.07) is 44.9. The minimum absolute atomic E-state index is 0.180. The van der Waals surface area contributed by atoms with Crippen molar-refractivity contribution >= 4 is 44.1 Å². The molecule has 1 saturated heterocycles. The molecule has 244 valence electrons. The predicted octanol–water partition coefficient (Wildman–Crippen LogP) is 10.9. The van der Waals surface area contributed by atoms with Crippen molar-refractivity contribution in [2.75, 3.05) is 31.2 Å². The van der Waals surface area contributed by atoms with Gasteiger partial charge in [0.25, 0.3) is 0 Å². The monoisotopic (exact) mass is 649 g/mol. The maximum absolute atomic E-state index is 7.67. The van der Waals surface area contributed by atoms with E-state index in [0.29, 0.717) is 0 Å². The smallest absolute Gasteiger partial charge is 0.178 e. The van der Waals surface area contributed by atoms with E-state index >= 15 is 0 Å². The lowest BCUT2D eigenvalue weighted by Gasteiger charge is -2.39. The van der Waals surface area contributed by atoms with Crippen molar-refractivity contribution in [1.29, 1.82) is 0 Å². The van der Waals surface area contributed by atoms with Gasteiger partial charge in [0.2, 0.25) is 0 Å². The molecular weight excluding hydrogens is 611 g/mol. The van der Waals surface area contributed by atoms with Crippen LogP contribution in [-0.4, -0.2) is 26.3 Å². The van der Waals surface area contributed by atoms with Crippen molar-refractivity contribution in [3.8, 4) is 16.9 Å². The van der Waals surface area contributed by atoms with E-state index in [2.05, 4.69) is 159 Å². The average molecular weight is 650 g/mol. The van der Waals surface area contributed by atoms with E-state index in [1.54, 1.807) is 0 Å². The second-order valence-electron chi connectivity index (χ2n) is 14.8. The first-order valence-corrected chi connectivity index (χ1v) is 17.9. The highest BCUT2D eigenvalue weighted by Gasteiger charge is 2.44. The molecule has 2 aliphatic heterocycles. The van der Waals surface area contributed by atoms with Crippen molar-refractivity contribution in [2.45, 2.75) is 31.8 Å². The van der Waals surface area contributed by atoms with E-state index < -0.39 is 5.60 Å². The van der Waals surface area contributed by atoms with Crippen molar-refractivity contribution in [2.24, 2.45) is 0 Å². The Kier molecular flexibility index (Phi) is 6.38. The Bertz CT molecular complexity index is 2540. The van der Waals surface area contributed by atoms with E-state index in [1.807, 2.05) is 0 Å². The van der Waals surface area contributed by atoms with Gasteiger partial charge in [0, 0.05) is 46.3 Å². The highest BCUT2D eigenvalue weighted by Crippen LogP contribution is 2.58. The SMILES string of the molecule is Cc1ccc2c(c1)C(C)(C)c1c3c(c4ccccc4c1-2)OC(c1ccc(N2CCOCC2)cc1)(c1ccc2ccc4ccccc4c2c1)C=C3. The Morgan fingerprint density at radius 2 is 1.32 bits per heavy atom. The van der Waals surface area contributed by atoms with Gasteiger partial charge in [-0.05, 0) is 80.4 Å². The fourth-order valence-corrected chi connectivity index (χ4v) is 9.00. The first kappa shape index (κ1) is 29.5. The zero-order valence-electron chi connectivity index (χ0n) is 28.8. The van der Waals surface area contributed by atoms with Crippen LogP contribution in [0.5, 0.6) is 5.75 Å². The van der Waals surface area contributed by atoms with Crippen LogP contribution in [0.3, 0.4) is 0 Å². The van der Waals surface area contributed by atoms with E-state index in [4.69, 9.17) is 9.47 Å². The van der Waals surface area contributed by atoms with Crippen LogP contribution in [0.15, 0.2) is 127 Å². The molecule has 1 atom stereocenters. The van der Waals surface area contributed by atoms with Gasteiger partial charge in [0.15, 0.2) is 5.60 Å². The van der Waals surface area contributed by atoms with Crippen LogP contribution in [0.1, 0.15) is 47.2 Å². The Labute approximate surface area is 293 Å². The molecule has 1 aliphatic carbocycles. The van der Waals surface area contributed by atoms with Gasteiger partial charge in [0.05, 0.1) is 13.2 Å². The third-order valence-electron chi connectivity index (χ3n) is 11.5. The second kappa shape index (κ2) is 10.8. The lowest BCUT2D eigenvalue weighted by atomic mass is 9.76. The molecule has 7 aromatic rings. The van der Waals surface area contributed by atoms with Crippen LogP contribution in [-0.2, 0) is 15.8 Å². The summed E-state index contributed by atoms with van der Waals surface area (Å²) in [7, 11) is 0. The second-order valence-corrected chi connectivity index (χ2v) is 14.8. The summed E-state index contributed by atoms with van der Waals surface area (Å²) >= 11 is 0. The molecule has 0 radical (unpaired) electrons. The van der Waals surface area contributed by atoms with E-state index in [0.717, 1.165) is 48.6 Å². The van der Waals surface area contributed by atoms with E-state index in [9.17, 15) is 0 Å². The van der Waals surface area contributed by atoms with Crippen LogP contribution in [0.25, 0.3) is 49.5 Å². The molecule has 1 unspecified atom stereocenters. The number of aryl methyl sites for hydroxylation is 1. The summed E-state index contributed by atoms with van der Waals surface area (Å²) in [5.41, 5.74) is 10.3. The molecule has 3 heteroatoms. The molecule has 10 rings (SSSR count). The van der Waals surface area contributed by atoms with E-state index in [-0.39, 0.29) is 5.41 Å². The van der Waals surface area contributed by atoms with Gasteiger partial charge in [-0.25, -0.2) is 0 Å². The summed E-state index contributed by atoms with van der Waals surface area (Å²) in [5.74, 6) is 0.953. The van der Waals surface area contributed by atoms with Gasteiger partial charge in [-0.15, -0.1) is 0 Å². The van der Waals surface area contributed by atoms with Crippen LogP contribution in [0.2, 0.25) is 0 Å². The lowest BCUT2D eigenvalue weighted by Crippen LogP contribution is -2.37. The highest BCUT2D eigenvalue weighted by molar-refractivity contribution is 6.09. The Hall–Kier alpha value is -5.38. The fraction of sp³-hybridized carbons (Fsp3) is 0.191. The molecule has 0 spiro atoms. The van der Waals surface area contributed by atoms with Crippen LogP contribution < -0.4 is 9.64 Å². The van der Waals surface area contributed by atoms with Gasteiger partial charge >= 0.3 is 0 Å². The Morgan fingerprint density at radius 3 is 2.12 bits per heavy atom. The summed E-state index contributed by atoms with van der Waals surface area (Å²) in [6.07, 6.45) is 4.69. The molecular formula is C47H39NO2. The quantitative estimate of drug-likeness (QED) is 0.178. The summed E-state index contributed by atoms with van der Waals surface area (Å²) < 4.78 is 13.3. The van der Waals surface area contributed by atoms with Gasteiger partial charge in [-0.2, -0.15) is 0 Å². The topological polar surface area (TPSA) is 21.7 Å². The van der Waals surface area contributed by atoms with Crippen molar-refractivity contribution in [3.63, 3.8) is 0 Å². The number of nitrogens with zero attached hydrogens (tertiary/aromatic N) is 1. The van der Waals surface area contributed by atoms with Gasteiger partial charge < -0.3 is 14.4 Å². The van der Waals surface area contributed by atoms with E-state index in [1.165, 1.54) is 66.0 Å². The molecule has 3 nitrogen and oxygen atoms in total. The number of hydrogen-bond acceptors (Lipinski definition) is 3. The molecule has 0 N–H and O–H groups in total. The molecule has 3 aliphatic rings. The van der Waals surface area contributed by atoms with Crippen molar-refractivity contribution in [3.05, 3.63) is 161 Å². The predicted molar refractivity (Wildman–Crippen MR) is 208 cm³/mol. The zero-order chi connectivity index (χ0) is 33.6. The number of anilines is 1. The molecule has 1 fully saturated rings. The molecule has 50 heavy (non-hydrogen) atoms. The van der Waals surface area contributed by atoms with Crippen LogP contribution in [0.4, 0.5) is 5.69 Å². The molecule has 0 bridgehead atoms. The Balaban J connectivity index is 1.23. The molecule has 7 aromatic carbocycles. The number of fused-ring (bicyclic) bond motifs is 11. The number of rotatable bonds is 3. The summed E-state index contributed by atoms with van der Waals surface area (Å²) in [5, 5.41) is 7.35. The maximum atomic E-state index is 7.67. The first-order valence-electron chi connectivity index (χ1n) is 17.9. The largest absolute Gasteiger partial charge is 0.472 e. The van der Waals surface area contributed by atoms with Gasteiger partial charge in [0.1, 0.15) is 5.75 Å². The number of benzene rings is 7. The molecule has 0 aromatic heterocycles. The van der Waals surface area contributed by atoms with Crippen LogP contribution >= 0.6 is 0 Å². The number of morpholine rings is 1. The van der Waals surface area contributed by atoms with Crippen molar-refractivity contribution < 1.29 is 9.47 Å². The van der Waals surface area contributed by atoms with Crippen LogP contribution in [0, 0.1) is 6.92 Å². The lowest BCUT2D eigenvalue weighted by molar-refractivity contribution is 0.122. The number of ether oxygens (including phenoxy) is 2. The zero-order valence-corrected chi connectivity index (χ0v) is 28.8. The highest BCUT2D eigenvalue weighted by atomic mass is 16.5. The fourth-order valence-electron chi connectivity index (χ4n) is 9.00. The maximum Gasteiger partial charge on any atom is 0.178 e. The molecule has 0 saturated carbocycles. The number of hydrogen-bond donors (Lipinski definition) is 0. The normalized spacial score (nSPS) is 19.0. The minimum Gasteiger partial charge on any atom is -0.472 e. The van der Waals surface area contributed by atoms with Crippen molar-refractivity contribution in [1.82, 2.24) is 0 Å². The third kappa shape index (κ3) is 4.20.